The van der Waals surface area contributed by atoms with Gasteiger partial charge in [-0.1, -0.05) is 48.9 Å². The highest BCUT2D eigenvalue weighted by Gasteiger charge is 2.33. The minimum absolute atomic E-state index is 0.0128. The summed E-state index contributed by atoms with van der Waals surface area (Å²) in [5.41, 5.74) is 8.21. The lowest BCUT2D eigenvalue weighted by molar-refractivity contribution is -0.131. The molecule has 0 aliphatic carbocycles. The van der Waals surface area contributed by atoms with E-state index < -0.39 is 0 Å². The van der Waals surface area contributed by atoms with Gasteiger partial charge >= 0.3 is 0 Å². The van der Waals surface area contributed by atoms with Crippen LogP contribution in [0.15, 0.2) is 61.4 Å². The van der Waals surface area contributed by atoms with Crippen LogP contribution in [0.1, 0.15) is 17.3 Å². The highest BCUT2D eigenvalue weighted by atomic mass is 16.2. The van der Waals surface area contributed by atoms with E-state index in [1.54, 1.807) is 9.58 Å². The van der Waals surface area contributed by atoms with E-state index in [1.807, 2.05) is 30.3 Å². The fraction of sp³-hybridized carbons (Fsp3) is 0.130. The van der Waals surface area contributed by atoms with Crippen LogP contribution in [-0.4, -0.2) is 43.6 Å². The molecule has 0 bridgehead atoms. The Hall–Kier alpha value is -4.18. The lowest BCUT2D eigenvalue weighted by Crippen LogP contribution is -2.50. The summed E-state index contributed by atoms with van der Waals surface area (Å²) in [7, 11) is 0. The van der Waals surface area contributed by atoms with Crippen LogP contribution in [0.25, 0.3) is 21.8 Å². The third kappa shape index (κ3) is 2.86. The Balaban J connectivity index is 1.57. The Kier molecular flexibility index (Phi) is 4.18. The van der Waals surface area contributed by atoms with Crippen LogP contribution >= 0.6 is 0 Å². The molecule has 0 radical (unpaired) electrons. The van der Waals surface area contributed by atoms with E-state index in [2.05, 4.69) is 45.6 Å². The number of amides is 1. The molecule has 2 aromatic carbocycles. The molecule has 0 spiro atoms. The van der Waals surface area contributed by atoms with E-state index in [-0.39, 0.29) is 11.9 Å². The molecule has 3 heterocycles. The van der Waals surface area contributed by atoms with Crippen LogP contribution in [-0.2, 0) is 4.79 Å². The second-order valence-corrected chi connectivity index (χ2v) is 7.13. The van der Waals surface area contributed by atoms with Crippen molar-refractivity contribution in [3.05, 3.63) is 72.7 Å². The van der Waals surface area contributed by atoms with E-state index in [0.717, 1.165) is 16.3 Å². The topological polar surface area (TPSA) is 89.9 Å². The smallest absolute Gasteiger partial charge is 0.246 e. The number of nitrogens with two attached hydrogens (primary N) is 1. The molecule has 0 unspecified atom stereocenters. The number of nitrogens with zero attached hydrogens (tertiary/aromatic N) is 5. The maximum Gasteiger partial charge on any atom is 0.246 e. The van der Waals surface area contributed by atoms with Crippen LogP contribution in [0.2, 0.25) is 0 Å². The number of anilines is 1. The minimum Gasteiger partial charge on any atom is -0.383 e. The predicted octanol–water partition coefficient (Wildman–Crippen LogP) is 2.53. The van der Waals surface area contributed by atoms with Crippen LogP contribution in [0.3, 0.4) is 0 Å². The number of hydrogen-bond acceptors (Lipinski definition) is 5. The summed E-state index contributed by atoms with van der Waals surface area (Å²) in [6.07, 6.45) is 2.74. The predicted molar refractivity (Wildman–Crippen MR) is 115 cm³/mol. The molecule has 1 aliphatic rings. The second kappa shape index (κ2) is 7.01. The summed E-state index contributed by atoms with van der Waals surface area (Å²) < 4.78 is 1.80. The zero-order valence-corrected chi connectivity index (χ0v) is 16.1. The highest BCUT2D eigenvalue weighted by molar-refractivity contribution is 5.92. The molecule has 4 aromatic rings. The van der Waals surface area contributed by atoms with Crippen molar-refractivity contribution < 1.29 is 4.79 Å². The van der Waals surface area contributed by atoms with Crippen LogP contribution in [0, 0.1) is 11.8 Å². The molecule has 30 heavy (non-hydrogen) atoms. The minimum atomic E-state index is -0.0900. The van der Waals surface area contributed by atoms with Gasteiger partial charge in [0.2, 0.25) is 5.91 Å². The van der Waals surface area contributed by atoms with Gasteiger partial charge in [-0.2, -0.15) is 5.10 Å². The highest BCUT2D eigenvalue weighted by Crippen LogP contribution is 2.28. The number of fused-ring (bicyclic) bond motifs is 2. The van der Waals surface area contributed by atoms with Crippen molar-refractivity contribution in [1.29, 1.82) is 0 Å². The molecule has 146 valence electrons. The SMILES string of the molecule is C=CC(=O)N1CC(n2nc(C#Cc3cccc4ccccc34)c3c(N)ncnc32)C1. The second-order valence-electron chi connectivity index (χ2n) is 7.13. The molecule has 0 saturated carbocycles. The monoisotopic (exact) mass is 394 g/mol. The number of carbonyl (C=O) groups is 1. The van der Waals surface area contributed by atoms with Crippen molar-refractivity contribution in [2.45, 2.75) is 6.04 Å². The van der Waals surface area contributed by atoms with Gasteiger partial charge in [0, 0.05) is 18.7 Å². The van der Waals surface area contributed by atoms with Gasteiger partial charge in [0.05, 0.1) is 11.4 Å². The average Bonchev–Trinajstić information content (AvgIpc) is 3.10. The van der Waals surface area contributed by atoms with E-state index in [4.69, 9.17) is 5.73 Å². The first-order valence-electron chi connectivity index (χ1n) is 9.55. The van der Waals surface area contributed by atoms with Gasteiger partial charge < -0.3 is 10.6 Å². The lowest BCUT2D eigenvalue weighted by atomic mass is 10.0. The summed E-state index contributed by atoms with van der Waals surface area (Å²) in [6, 6.07) is 14.2. The van der Waals surface area contributed by atoms with Crippen LogP contribution in [0.5, 0.6) is 0 Å². The first-order valence-corrected chi connectivity index (χ1v) is 9.55. The fourth-order valence-corrected chi connectivity index (χ4v) is 3.72. The number of likely N-dealkylation sites (tertiary alicyclic amines) is 1. The zero-order chi connectivity index (χ0) is 20.7. The summed E-state index contributed by atoms with van der Waals surface area (Å²) in [6.45, 7) is 4.62. The van der Waals surface area contributed by atoms with Gasteiger partial charge in [0.1, 0.15) is 17.8 Å². The maximum atomic E-state index is 11.8. The van der Waals surface area contributed by atoms with Gasteiger partial charge in [-0.25, -0.2) is 14.6 Å². The third-order valence-electron chi connectivity index (χ3n) is 5.32. The van der Waals surface area contributed by atoms with Crippen molar-refractivity contribution in [1.82, 2.24) is 24.6 Å². The number of benzene rings is 2. The Morgan fingerprint density at radius 2 is 1.93 bits per heavy atom. The molecule has 1 aliphatic heterocycles. The van der Waals surface area contributed by atoms with Crippen molar-refractivity contribution in [3.63, 3.8) is 0 Å². The molecule has 2 aromatic heterocycles. The molecule has 2 N–H and O–H groups in total. The number of nitrogen functional groups attached to an aromatic ring is 1. The Morgan fingerprint density at radius 3 is 2.77 bits per heavy atom. The average molecular weight is 394 g/mol. The van der Waals surface area contributed by atoms with Crippen molar-refractivity contribution >= 4 is 33.5 Å². The molecule has 5 rings (SSSR count). The van der Waals surface area contributed by atoms with Gasteiger partial charge in [-0.3, -0.25) is 4.79 Å². The van der Waals surface area contributed by atoms with Gasteiger partial charge in [0.25, 0.3) is 0 Å². The normalized spacial score (nSPS) is 13.7. The molecular weight excluding hydrogens is 376 g/mol. The molecule has 1 amide bonds. The molecule has 7 heteroatoms. The van der Waals surface area contributed by atoms with Crippen LogP contribution in [0.4, 0.5) is 5.82 Å². The first-order chi connectivity index (χ1) is 14.7. The lowest BCUT2D eigenvalue weighted by Gasteiger charge is -2.38. The van der Waals surface area contributed by atoms with E-state index in [1.165, 1.54) is 12.4 Å². The molecule has 1 fully saturated rings. The standard InChI is InChI=1S/C23H18N6O/c1-2-20(30)28-12-17(13-28)29-23-21(22(24)25-14-26-23)19(27-29)11-10-16-8-5-7-15-6-3-4-9-18(15)16/h2-9,14,17H,1,12-13H2,(H2,24,25,26). The van der Waals surface area contributed by atoms with E-state index in [0.29, 0.717) is 35.6 Å². The number of rotatable bonds is 2. The molecule has 1 saturated heterocycles. The first kappa shape index (κ1) is 17.9. The quantitative estimate of drug-likeness (QED) is 0.417. The van der Waals surface area contributed by atoms with Gasteiger partial charge in [-0.05, 0) is 28.8 Å². The summed E-state index contributed by atoms with van der Waals surface area (Å²) in [4.78, 5) is 22.0. The summed E-state index contributed by atoms with van der Waals surface area (Å²) in [5.74, 6) is 6.65. The fourth-order valence-electron chi connectivity index (χ4n) is 3.72. The molecule has 0 atom stereocenters. The van der Waals surface area contributed by atoms with Crippen molar-refractivity contribution in [2.75, 3.05) is 18.8 Å². The van der Waals surface area contributed by atoms with Crippen LogP contribution < -0.4 is 5.73 Å². The molecular formula is C23H18N6O. The number of aromatic nitrogens is 4. The van der Waals surface area contributed by atoms with Gasteiger partial charge in [-0.15, -0.1) is 0 Å². The summed E-state index contributed by atoms with van der Waals surface area (Å²) >= 11 is 0. The Bertz CT molecular complexity index is 1370. The Morgan fingerprint density at radius 1 is 1.13 bits per heavy atom. The van der Waals surface area contributed by atoms with E-state index >= 15 is 0 Å². The Labute approximate surface area is 172 Å². The van der Waals surface area contributed by atoms with Crippen molar-refractivity contribution in [3.8, 4) is 11.8 Å². The van der Waals surface area contributed by atoms with Crippen molar-refractivity contribution in [2.24, 2.45) is 0 Å². The number of hydrogen-bond donors (Lipinski definition) is 1. The number of carbonyl (C=O) groups excluding carboxylic acids is 1. The maximum absolute atomic E-state index is 11.8. The summed E-state index contributed by atoms with van der Waals surface area (Å²) in [5, 5.41) is 7.53. The van der Waals surface area contributed by atoms with Gasteiger partial charge in [0.15, 0.2) is 5.65 Å². The van der Waals surface area contributed by atoms with E-state index in [9.17, 15) is 4.79 Å². The largest absolute Gasteiger partial charge is 0.383 e. The third-order valence-corrected chi connectivity index (χ3v) is 5.32. The molecule has 7 nitrogen and oxygen atoms in total. The zero-order valence-electron chi connectivity index (χ0n) is 16.1.